The van der Waals surface area contributed by atoms with Crippen molar-refractivity contribution in [2.75, 3.05) is 12.8 Å². The summed E-state index contributed by atoms with van der Waals surface area (Å²) >= 11 is 0. The largest absolute Gasteiger partial charge is 0.495 e. The van der Waals surface area contributed by atoms with E-state index in [0.29, 0.717) is 18.1 Å². The number of nitrogens with two attached hydrogens (primary N) is 1. The Hall–Kier alpha value is -2.09. The standard InChI is InChI=1S/C12H16N4O3S/c1-3-16-12(14-8-15-16)7-20(17,18)11-5-4-9(13)6-10(11)19-2/h4-6,8H,3,7,13H2,1-2H3. The number of rotatable bonds is 5. The van der Waals surface area contributed by atoms with Crippen molar-refractivity contribution in [1.29, 1.82) is 0 Å². The minimum Gasteiger partial charge on any atom is -0.495 e. The topological polar surface area (TPSA) is 100 Å². The van der Waals surface area contributed by atoms with E-state index in [9.17, 15) is 8.42 Å². The first-order valence-corrected chi connectivity index (χ1v) is 7.66. The van der Waals surface area contributed by atoms with E-state index in [0.717, 1.165) is 0 Å². The van der Waals surface area contributed by atoms with Crippen LogP contribution in [0.5, 0.6) is 5.75 Å². The van der Waals surface area contributed by atoms with Gasteiger partial charge in [0, 0.05) is 18.3 Å². The van der Waals surface area contributed by atoms with Crippen molar-refractivity contribution >= 4 is 15.5 Å². The van der Waals surface area contributed by atoms with Crippen molar-refractivity contribution in [3.05, 3.63) is 30.4 Å². The minimum atomic E-state index is -3.58. The van der Waals surface area contributed by atoms with Gasteiger partial charge in [0.2, 0.25) is 0 Å². The highest BCUT2D eigenvalue weighted by atomic mass is 32.2. The first-order chi connectivity index (χ1) is 9.47. The van der Waals surface area contributed by atoms with Crippen LogP contribution in [0.3, 0.4) is 0 Å². The summed E-state index contributed by atoms with van der Waals surface area (Å²) in [5, 5.41) is 3.96. The number of aromatic nitrogens is 3. The third-order valence-electron chi connectivity index (χ3n) is 2.84. The SMILES string of the molecule is CCn1ncnc1CS(=O)(=O)c1ccc(N)cc1OC. The Kier molecular flexibility index (Phi) is 3.93. The Balaban J connectivity index is 2.41. The molecule has 20 heavy (non-hydrogen) atoms. The zero-order valence-electron chi connectivity index (χ0n) is 11.3. The van der Waals surface area contributed by atoms with Crippen LogP contribution >= 0.6 is 0 Å². The van der Waals surface area contributed by atoms with E-state index in [1.54, 1.807) is 4.68 Å². The Morgan fingerprint density at radius 1 is 1.40 bits per heavy atom. The number of ether oxygens (including phenoxy) is 1. The van der Waals surface area contributed by atoms with Crippen LogP contribution in [0.25, 0.3) is 0 Å². The smallest absolute Gasteiger partial charge is 0.189 e. The average Bonchev–Trinajstić information content (AvgIpc) is 2.84. The van der Waals surface area contributed by atoms with E-state index in [1.807, 2.05) is 6.92 Å². The summed E-state index contributed by atoms with van der Waals surface area (Å²) < 4.78 is 31.5. The summed E-state index contributed by atoms with van der Waals surface area (Å²) in [6, 6.07) is 4.45. The van der Waals surface area contributed by atoms with Crippen molar-refractivity contribution in [1.82, 2.24) is 14.8 Å². The predicted molar refractivity (Wildman–Crippen MR) is 74.0 cm³/mol. The second-order valence-corrected chi connectivity index (χ2v) is 6.12. The molecule has 1 heterocycles. The van der Waals surface area contributed by atoms with Gasteiger partial charge in [0.25, 0.3) is 0 Å². The lowest BCUT2D eigenvalue weighted by molar-refractivity contribution is 0.403. The molecule has 0 aliphatic carbocycles. The van der Waals surface area contributed by atoms with E-state index >= 15 is 0 Å². The van der Waals surface area contributed by atoms with Crippen LogP contribution in [0.15, 0.2) is 29.4 Å². The molecule has 2 aromatic rings. The second kappa shape index (κ2) is 5.49. The molecule has 0 radical (unpaired) electrons. The van der Waals surface area contributed by atoms with Crippen LogP contribution in [0, 0.1) is 0 Å². The summed E-state index contributed by atoms with van der Waals surface area (Å²) in [5.74, 6) is 0.389. The van der Waals surface area contributed by atoms with Crippen molar-refractivity contribution in [3.8, 4) is 5.75 Å². The van der Waals surface area contributed by atoms with Crippen LogP contribution in [-0.2, 0) is 22.1 Å². The fraction of sp³-hybridized carbons (Fsp3) is 0.333. The highest BCUT2D eigenvalue weighted by Gasteiger charge is 2.22. The summed E-state index contributed by atoms with van der Waals surface area (Å²) in [6.45, 7) is 2.43. The van der Waals surface area contributed by atoms with Gasteiger partial charge in [0.15, 0.2) is 9.84 Å². The maximum atomic E-state index is 12.5. The Morgan fingerprint density at radius 2 is 2.15 bits per heavy atom. The molecule has 0 unspecified atom stereocenters. The second-order valence-electron chi connectivity index (χ2n) is 4.16. The number of aryl methyl sites for hydroxylation is 1. The normalized spacial score (nSPS) is 11.5. The molecule has 0 bridgehead atoms. The van der Waals surface area contributed by atoms with Gasteiger partial charge in [-0.25, -0.2) is 18.1 Å². The predicted octanol–water partition coefficient (Wildman–Crippen LogP) is 0.863. The zero-order chi connectivity index (χ0) is 14.8. The number of benzene rings is 1. The number of sulfone groups is 1. The van der Waals surface area contributed by atoms with Crippen molar-refractivity contribution in [3.63, 3.8) is 0 Å². The van der Waals surface area contributed by atoms with E-state index in [2.05, 4.69) is 10.1 Å². The van der Waals surface area contributed by atoms with E-state index in [1.165, 1.54) is 31.6 Å². The number of nitrogen functional groups attached to an aromatic ring is 1. The first-order valence-electron chi connectivity index (χ1n) is 6.01. The van der Waals surface area contributed by atoms with Gasteiger partial charge in [-0.15, -0.1) is 0 Å². The van der Waals surface area contributed by atoms with Crippen LogP contribution in [0.2, 0.25) is 0 Å². The molecule has 0 saturated carbocycles. The monoisotopic (exact) mass is 296 g/mol. The molecular formula is C12H16N4O3S. The van der Waals surface area contributed by atoms with Crippen LogP contribution < -0.4 is 10.5 Å². The molecule has 7 nitrogen and oxygen atoms in total. The van der Waals surface area contributed by atoms with Gasteiger partial charge in [0.1, 0.15) is 28.5 Å². The molecule has 1 aromatic carbocycles. The number of hydrogen-bond donors (Lipinski definition) is 1. The highest BCUT2D eigenvalue weighted by Crippen LogP contribution is 2.28. The van der Waals surface area contributed by atoms with E-state index in [-0.39, 0.29) is 16.4 Å². The molecule has 0 amide bonds. The molecule has 0 saturated heterocycles. The zero-order valence-corrected chi connectivity index (χ0v) is 12.1. The summed E-state index contributed by atoms with van der Waals surface area (Å²) in [5.41, 5.74) is 6.07. The molecule has 0 spiro atoms. The minimum absolute atomic E-state index is 0.0971. The molecule has 8 heteroatoms. The number of methoxy groups -OCH3 is 1. The van der Waals surface area contributed by atoms with E-state index in [4.69, 9.17) is 10.5 Å². The summed E-state index contributed by atoms with van der Waals surface area (Å²) in [6.07, 6.45) is 1.34. The summed E-state index contributed by atoms with van der Waals surface area (Å²) in [7, 11) is -2.17. The molecule has 0 aliphatic rings. The first kappa shape index (κ1) is 14.3. The quantitative estimate of drug-likeness (QED) is 0.821. The van der Waals surface area contributed by atoms with E-state index < -0.39 is 9.84 Å². The lowest BCUT2D eigenvalue weighted by Gasteiger charge is -2.10. The number of anilines is 1. The lowest BCUT2D eigenvalue weighted by Crippen LogP contribution is -2.12. The number of hydrogen-bond acceptors (Lipinski definition) is 6. The van der Waals surface area contributed by atoms with Crippen LogP contribution in [0.4, 0.5) is 5.69 Å². The van der Waals surface area contributed by atoms with Crippen molar-refractivity contribution < 1.29 is 13.2 Å². The Labute approximate surface area is 117 Å². The van der Waals surface area contributed by atoms with Crippen molar-refractivity contribution in [2.45, 2.75) is 24.1 Å². The fourth-order valence-corrected chi connectivity index (χ4v) is 3.30. The lowest BCUT2D eigenvalue weighted by atomic mass is 10.3. The van der Waals surface area contributed by atoms with Crippen molar-refractivity contribution in [2.24, 2.45) is 0 Å². The molecule has 1 aromatic heterocycles. The number of nitrogens with zero attached hydrogens (tertiary/aromatic N) is 3. The molecular weight excluding hydrogens is 280 g/mol. The third kappa shape index (κ3) is 2.74. The third-order valence-corrected chi connectivity index (χ3v) is 4.48. The maximum absolute atomic E-state index is 12.5. The van der Waals surface area contributed by atoms with Gasteiger partial charge in [-0.3, -0.25) is 0 Å². The van der Waals surface area contributed by atoms with Gasteiger partial charge in [-0.1, -0.05) is 0 Å². The molecule has 108 valence electrons. The molecule has 2 N–H and O–H groups in total. The molecule has 0 fully saturated rings. The van der Waals surface area contributed by atoms with Gasteiger partial charge in [-0.2, -0.15) is 5.10 Å². The molecule has 2 rings (SSSR count). The van der Waals surface area contributed by atoms with Gasteiger partial charge in [0.05, 0.1) is 7.11 Å². The highest BCUT2D eigenvalue weighted by molar-refractivity contribution is 7.90. The fourth-order valence-electron chi connectivity index (χ4n) is 1.85. The molecule has 0 aliphatic heterocycles. The maximum Gasteiger partial charge on any atom is 0.189 e. The Morgan fingerprint density at radius 3 is 2.80 bits per heavy atom. The summed E-state index contributed by atoms with van der Waals surface area (Å²) in [4.78, 5) is 4.08. The van der Waals surface area contributed by atoms with Gasteiger partial charge in [-0.05, 0) is 19.1 Å². The van der Waals surface area contributed by atoms with Crippen LogP contribution in [-0.4, -0.2) is 30.3 Å². The Bertz CT molecular complexity index is 709. The van der Waals surface area contributed by atoms with Gasteiger partial charge < -0.3 is 10.5 Å². The molecule has 0 atom stereocenters. The van der Waals surface area contributed by atoms with Gasteiger partial charge >= 0.3 is 0 Å². The van der Waals surface area contributed by atoms with Crippen LogP contribution in [0.1, 0.15) is 12.7 Å². The average molecular weight is 296 g/mol.